The van der Waals surface area contributed by atoms with Gasteiger partial charge in [0.1, 0.15) is 5.82 Å². The van der Waals surface area contributed by atoms with Gasteiger partial charge in [-0.05, 0) is 24.6 Å². The molecule has 0 unspecified atom stereocenters. The number of rotatable bonds is 5. The van der Waals surface area contributed by atoms with Crippen molar-refractivity contribution in [3.63, 3.8) is 0 Å². The number of halogens is 2. The Morgan fingerprint density at radius 3 is 2.57 bits per heavy atom. The molecule has 0 atom stereocenters. The van der Waals surface area contributed by atoms with Crippen LogP contribution >= 0.6 is 0 Å². The summed E-state index contributed by atoms with van der Waals surface area (Å²) in [6, 6.07) is 7.11. The van der Waals surface area contributed by atoms with E-state index in [1.807, 2.05) is 13.0 Å². The molecule has 2 rings (SSSR count). The quantitative estimate of drug-likeness (QED) is 0.905. The number of nitrogens with one attached hydrogen (secondary N) is 1. The molecule has 1 aromatic heterocycles. The Labute approximate surface area is 123 Å². The van der Waals surface area contributed by atoms with Crippen molar-refractivity contribution in [1.29, 1.82) is 0 Å². The van der Waals surface area contributed by atoms with Gasteiger partial charge in [0, 0.05) is 30.4 Å². The molecule has 0 radical (unpaired) electrons. The van der Waals surface area contributed by atoms with Crippen molar-refractivity contribution in [2.45, 2.75) is 33.4 Å². The molecule has 0 aliphatic rings. The lowest BCUT2D eigenvalue weighted by atomic mass is 10.2. The molecule has 0 fully saturated rings. The molecule has 3 nitrogen and oxygen atoms in total. The van der Waals surface area contributed by atoms with Crippen LogP contribution < -0.4 is 10.1 Å². The topological polar surface area (TPSA) is 34.1 Å². The number of aromatic nitrogens is 1. The van der Waals surface area contributed by atoms with Gasteiger partial charge in [0.05, 0.1) is 0 Å². The standard InChI is InChI=1S/C16H18F2N2O/c1-10(2)19-9-12-4-7-16(20-11(12)3)21-15-6-5-13(17)8-14(15)18/h4-8,10,19H,9H2,1-3H3. The van der Waals surface area contributed by atoms with Gasteiger partial charge in [-0.1, -0.05) is 19.9 Å². The third kappa shape index (κ3) is 4.23. The summed E-state index contributed by atoms with van der Waals surface area (Å²) in [5.74, 6) is -1.15. The highest BCUT2D eigenvalue weighted by Gasteiger charge is 2.08. The number of hydrogen-bond donors (Lipinski definition) is 1. The van der Waals surface area contributed by atoms with Crippen molar-refractivity contribution in [3.05, 3.63) is 53.2 Å². The first kappa shape index (κ1) is 15.4. The zero-order valence-corrected chi connectivity index (χ0v) is 12.3. The Morgan fingerprint density at radius 2 is 1.95 bits per heavy atom. The molecule has 5 heteroatoms. The van der Waals surface area contributed by atoms with E-state index in [0.29, 0.717) is 12.6 Å². The van der Waals surface area contributed by atoms with Gasteiger partial charge in [0.25, 0.3) is 0 Å². The zero-order chi connectivity index (χ0) is 15.4. The monoisotopic (exact) mass is 292 g/mol. The molecule has 2 aromatic rings. The fourth-order valence-electron chi connectivity index (χ4n) is 1.80. The van der Waals surface area contributed by atoms with Gasteiger partial charge >= 0.3 is 0 Å². The van der Waals surface area contributed by atoms with Crippen molar-refractivity contribution < 1.29 is 13.5 Å². The van der Waals surface area contributed by atoms with Gasteiger partial charge in [0.2, 0.25) is 5.88 Å². The first-order valence-electron chi connectivity index (χ1n) is 6.78. The average Bonchev–Trinajstić information content (AvgIpc) is 2.41. The zero-order valence-electron chi connectivity index (χ0n) is 12.3. The van der Waals surface area contributed by atoms with E-state index in [2.05, 4.69) is 24.1 Å². The molecule has 1 heterocycles. The molecular formula is C16H18F2N2O. The smallest absolute Gasteiger partial charge is 0.219 e. The maximum Gasteiger partial charge on any atom is 0.219 e. The second-order valence-corrected chi connectivity index (χ2v) is 5.11. The molecule has 112 valence electrons. The molecule has 1 N–H and O–H groups in total. The average molecular weight is 292 g/mol. The van der Waals surface area contributed by atoms with Gasteiger partial charge in [-0.15, -0.1) is 0 Å². The second kappa shape index (κ2) is 6.63. The van der Waals surface area contributed by atoms with Crippen molar-refractivity contribution in [2.75, 3.05) is 0 Å². The number of ether oxygens (including phenoxy) is 1. The lowest BCUT2D eigenvalue weighted by molar-refractivity contribution is 0.422. The van der Waals surface area contributed by atoms with Crippen LogP contribution in [-0.2, 0) is 6.54 Å². The van der Waals surface area contributed by atoms with Crippen molar-refractivity contribution >= 4 is 0 Å². The van der Waals surface area contributed by atoms with E-state index in [1.165, 1.54) is 6.07 Å². The van der Waals surface area contributed by atoms with E-state index >= 15 is 0 Å². The van der Waals surface area contributed by atoms with Gasteiger partial charge in [-0.3, -0.25) is 0 Å². The number of hydrogen-bond acceptors (Lipinski definition) is 3. The molecule has 1 aromatic carbocycles. The van der Waals surface area contributed by atoms with Crippen molar-refractivity contribution in [3.8, 4) is 11.6 Å². The summed E-state index contributed by atoms with van der Waals surface area (Å²) in [7, 11) is 0. The third-order valence-electron chi connectivity index (χ3n) is 2.98. The first-order chi connectivity index (χ1) is 9.95. The summed E-state index contributed by atoms with van der Waals surface area (Å²) in [6.45, 7) is 6.71. The Balaban J connectivity index is 2.12. The largest absolute Gasteiger partial charge is 0.436 e. The number of aryl methyl sites for hydroxylation is 1. The molecule has 0 aliphatic heterocycles. The van der Waals surface area contributed by atoms with E-state index in [1.54, 1.807) is 6.07 Å². The van der Waals surface area contributed by atoms with Crippen LogP contribution in [0.1, 0.15) is 25.1 Å². The van der Waals surface area contributed by atoms with E-state index < -0.39 is 11.6 Å². The summed E-state index contributed by atoms with van der Waals surface area (Å²) in [6.07, 6.45) is 0. The lowest BCUT2D eigenvalue weighted by Crippen LogP contribution is -2.22. The predicted molar refractivity (Wildman–Crippen MR) is 77.4 cm³/mol. The molecule has 0 bridgehead atoms. The highest BCUT2D eigenvalue weighted by Crippen LogP contribution is 2.24. The molecule has 0 saturated heterocycles. The number of nitrogens with zero attached hydrogens (tertiary/aromatic N) is 1. The van der Waals surface area contributed by atoms with Crippen LogP contribution in [0.15, 0.2) is 30.3 Å². The third-order valence-corrected chi connectivity index (χ3v) is 2.98. The van der Waals surface area contributed by atoms with E-state index in [4.69, 9.17) is 4.74 Å². The number of pyridine rings is 1. The van der Waals surface area contributed by atoms with Crippen LogP contribution in [0.25, 0.3) is 0 Å². The van der Waals surface area contributed by atoms with Crippen LogP contribution in [0.2, 0.25) is 0 Å². The van der Waals surface area contributed by atoms with Crippen LogP contribution in [0.4, 0.5) is 8.78 Å². The summed E-state index contributed by atoms with van der Waals surface area (Å²) in [4.78, 5) is 4.29. The fourth-order valence-corrected chi connectivity index (χ4v) is 1.80. The van der Waals surface area contributed by atoms with Crippen LogP contribution in [0.5, 0.6) is 11.6 Å². The van der Waals surface area contributed by atoms with E-state index in [-0.39, 0.29) is 11.6 Å². The Hall–Kier alpha value is -2.01. The van der Waals surface area contributed by atoms with E-state index in [0.717, 1.165) is 23.4 Å². The van der Waals surface area contributed by atoms with Crippen LogP contribution in [-0.4, -0.2) is 11.0 Å². The highest BCUT2D eigenvalue weighted by atomic mass is 19.1. The van der Waals surface area contributed by atoms with Crippen LogP contribution in [0.3, 0.4) is 0 Å². The fraction of sp³-hybridized carbons (Fsp3) is 0.312. The van der Waals surface area contributed by atoms with Gasteiger partial charge in [0.15, 0.2) is 11.6 Å². The summed E-state index contributed by atoms with van der Waals surface area (Å²) in [5, 5.41) is 3.30. The van der Waals surface area contributed by atoms with E-state index in [9.17, 15) is 8.78 Å². The lowest BCUT2D eigenvalue weighted by Gasteiger charge is -2.12. The summed E-state index contributed by atoms with van der Waals surface area (Å²) < 4.78 is 31.7. The van der Waals surface area contributed by atoms with Gasteiger partial charge < -0.3 is 10.1 Å². The maximum absolute atomic E-state index is 13.5. The predicted octanol–water partition coefficient (Wildman–Crippen LogP) is 3.96. The van der Waals surface area contributed by atoms with Crippen LogP contribution in [0, 0.1) is 18.6 Å². The van der Waals surface area contributed by atoms with Gasteiger partial charge in [-0.25, -0.2) is 13.8 Å². The molecule has 0 amide bonds. The minimum absolute atomic E-state index is 0.0450. The molecular weight excluding hydrogens is 274 g/mol. The molecule has 21 heavy (non-hydrogen) atoms. The maximum atomic E-state index is 13.5. The minimum Gasteiger partial charge on any atom is -0.436 e. The molecule has 0 aliphatic carbocycles. The molecule has 0 saturated carbocycles. The summed E-state index contributed by atoms with van der Waals surface area (Å²) >= 11 is 0. The highest BCUT2D eigenvalue weighted by molar-refractivity contribution is 5.31. The first-order valence-corrected chi connectivity index (χ1v) is 6.78. The Kier molecular flexibility index (Phi) is 4.85. The normalized spacial score (nSPS) is 11.0. The number of benzene rings is 1. The van der Waals surface area contributed by atoms with Crippen molar-refractivity contribution in [2.24, 2.45) is 0 Å². The second-order valence-electron chi connectivity index (χ2n) is 5.11. The van der Waals surface area contributed by atoms with Crippen molar-refractivity contribution in [1.82, 2.24) is 10.3 Å². The SMILES string of the molecule is Cc1nc(Oc2ccc(F)cc2F)ccc1CNC(C)C. The van der Waals surface area contributed by atoms with Gasteiger partial charge in [-0.2, -0.15) is 0 Å². The Bertz CT molecular complexity index is 630. The summed E-state index contributed by atoms with van der Waals surface area (Å²) in [5.41, 5.74) is 1.86. The Morgan fingerprint density at radius 1 is 1.19 bits per heavy atom. The molecule has 0 spiro atoms. The minimum atomic E-state index is -0.750.